The maximum Gasteiger partial charge on any atom is 0.0662 e. The zero-order valence-corrected chi connectivity index (χ0v) is 10.5. The molecule has 1 fully saturated rings. The molecule has 0 aliphatic carbocycles. The van der Waals surface area contributed by atoms with Gasteiger partial charge < -0.3 is 10.1 Å². The molecule has 1 aromatic rings. The quantitative estimate of drug-likeness (QED) is 0.802. The van der Waals surface area contributed by atoms with Crippen molar-refractivity contribution in [3.8, 4) is 0 Å². The van der Waals surface area contributed by atoms with Crippen LogP contribution in [-0.2, 0) is 4.74 Å². The number of ether oxygens (including phenoxy) is 1. The number of halogens is 2. The molecule has 1 aromatic carbocycles. The lowest BCUT2D eigenvalue weighted by Crippen LogP contribution is -2.34. The summed E-state index contributed by atoms with van der Waals surface area (Å²) in [5.74, 6) is 0. The highest BCUT2D eigenvalue weighted by atomic mass is 127. The molecule has 2 rings (SSSR count). The van der Waals surface area contributed by atoms with Gasteiger partial charge in [-0.25, -0.2) is 0 Å². The zero-order chi connectivity index (χ0) is 9.97. The van der Waals surface area contributed by atoms with Crippen LogP contribution in [0.25, 0.3) is 0 Å². The van der Waals surface area contributed by atoms with E-state index >= 15 is 0 Å². The van der Waals surface area contributed by atoms with E-state index in [1.54, 1.807) is 0 Å². The number of rotatable bonds is 1. The SMILES string of the molecule is Clc1ccc(I)cc1[C@H]1COCCN1. The Labute approximate surface area is 102 Å². The first-order valence-electron chi connectivity index (χ1n) is 4.53. The van der Waals surface area contributed by atoms with Gasteiger partial charge >= 0.3 is 0 Å². The second kappa shape index (κ2) is 4.79. The van der Waals surface area contributed by atoms with E-state index in [9.17, 15) is 0 Å². The smallest absolute Gasteiger partial charge is 0.0662 e. The molecule has 0 saturated carbocycles. The molecule has 0 aromatic heterocycles. The highest BCUT2D eigenvalue weighted by Crippen LogP contribution is 2.26. The van der Waals surface area contributed by atoms with Gasteiger partial charge in [0, 0.05) is 15.1 Å². The summed E-state index contributed by atoms with van der Waals surface area (Å²) in [5.41, 5.74) is 1.14. The van der Waals surface area contributed by atoms with Gasteiger partial charge in [0.15, 0.2) is 0 Å². The van der Waals surface area contributed by atoms with Crippen LogP contribution in [0.15, 0.2) is 18.2 Å². The Morgan fingerprint density at radius 2 is 2.36 bits per heavy atom. The molecule has 0 bridgehead atoms. The van der Waals surface area contributed by atoms with Gasteiger partial charge in [0.1, 0.15) is 0 Å². The predicted octanol–water partition coefficient (Wildman–Crippen LogP) is 2.61. The molecule has 2 nitrogen and oxygen atoms in total. The molecule has 1 heterocycles. The van der Waals surface area contributed by atoms with Crippen LogP contribution in [0.1, 0.15) is 11.6 Å². The number of nitrogens with one attached hydrogen (secondary N) is 1. The second-order valence-corrected chi connectivity index (χ2v) is 4.90. The van der Waals surface area contributed by atoms with Crippen molar-refractivity contribution in [1.82, 2.24) is 5.32 Å². The van der Waals surface area contributed by atoms with Crippen molar-refractivity contribution in [2.24, 2.45) is 0 Å². The van der Waals surface area contributed by atoms with E-state index in [4.69, 9.17) is 16.3 Å². The van der Waals surface area contributed by atoms with Crippen LogP contribution in [0.2, 0.25) is 5.02 Å². The summed E-state index contributed by atoms with van der Waals surface area (Å²) in [6, 6.07) is 6.30. The van der Waals surface area contributed by atoms with Crippen molar-refractivity contribution in [2.45, 2.75) is 6.04 Å². The molecule has 14 heavy (non-hydrogen) atoms. The first-order chi connectivity index (χ1) is 6.77. The standard InChI is InChI=1S/C10H11ClINO/c11-9-2-1-7(12)5-8(9)10-6-14-4-3-13-10/h1-2,5,10,13H,3-4,6H2/t10-/m1/s1. The Morgan fingerprint density at radius 1 is 1.50 bits per heavy atom. The van der Waals surface area contributed by atoms with Crippen LogP contribution in [0.4, 0.5) is 0 Å². The van der Waals surface area contributed by atoms with Gasteiger partial charge in [-0.05, 0) is 46.4 Å². The third kappa shape index (κ3) is 2.39. The van der Waals surface area contributed by atoms with E-state index in [0.717, 1.165) is 23.7 Å². The lowest BCUT2D eigenvalue weighted by Gasteiger charge is -2.25. The third-order valence-corrected chi connectivity index (χ3v) is 3.27. The van der Waals surface area contributed by atoms with Crippen LogP contribution in [0, 0.1) is 3.57 Å². The maximum atomic E-state index is 6.13. The maximum absolute atomic E-state index is 6.13. The number of benzene rings is 1. The predicted molar refractivity (Wildman–Crippen MR) is 65.7 cm³/mol. The monoisotopic (exact) mass is 323 g/mol. The van der Waals surface area contributed by atoms with E-state index < -0.39 is 0 Å². The molecule has 0 amide bonds. The molecular formula is C10H11ClINO. The van der Waals surface area contributed by atoms with Crippen LogP contribution in [0.3, 0.4) is 0 Å². The zero-order valence-electron chi connectivity index (χ0n) is 7.59. The fraction of sp³-hybridized carbons (Fsp3) is 0.400. The Hall–Kier alpha value is 0.160. The first-order valence-corrected chi connectivity index (χ1v) is 5.99. The molecule has 1 atom stereocenters. The van der Waals surface area contributed by atoms with Crippen molar-refractivity contribution >= 4 is 34.2 Å². The van der Waals surface area contributed by atoms with Crippen molar-refractivity contribution in [3.63, 3.8) is 0 Å². The third-order valence-electron chi connectivity index (χ3n) is 2.26. The highest BCUT2D eigenvalue weighted by Gasteiger charge is 2.17. The van der Waals surface area contributed by atoms with Gasteiger partial charge in [-0.1, -0.05) is 11.6 Å². The average molecular weight is 324 g/mol. The summed E-state index contributed by atoms with van der Waals surface area (Å²) in [6.07, 6.45) is 0. The minimum atomic E-state index is 0.242. The molecule has 1 aliphatic heterocycles. The molecule has 1 saturated heterocycles. The van der Waals surface area contributed by atoms with Crippen molar-refractivity contribution in [2.75, 3.05) is 19.8 Å². The van der Waals surface area contributed by atoms with Crippen LogP contribution in [-0.4, -0.2) is 19.8 Å². The molecule has 4 heteroatoms. The van der Waals surface area contributed by atoms with Gasteiger partial charge in [-0.2, -0.15) is 0 Å². The first kappa shape index (κ1) is 10.7. The lowest BCUT2D eigenvalue weighted by atomic mass is 10.1. The van der Waals surface area contributed by atoms with Gasteiger partial charge in [0.25, 0.3) is 0 Å². The fourth-order valence-corrected chi connectivity index (χ4v) is 2.31. The molecule has 1 aliphatic rings. The summed E-state index contributed by atoms with van der Waals surface area (Å²) < 4.78 is 6.61. The van der Waals surface area contributed by atoms with Gasteiger partial charge in [0.2, 0.25) is 0 Å². The number of hydrogen-bond donors (Lipinski definition) is 1. The normalized spacial score (nSPS) is 22.3. The lowest BCUT2D eigenvalue weighted by molar-refractivity contribution is 0.0769. The largest absolute Gasteiger partial charge is 0.378 e. The minimum absolute atomic E-state index is 0.242. The van der Waals surface area contributed by atoms with Crippen molar-refractivity contribution < 1.29 is 4.74 Å². The molecule has 1 N–H and O–H groups in total. The van der Waals surface area contributed by atoms with Crippen molar-refractivity contribution in [3.05, 3.63) is 32.4 Å². The molecule has 0 unspecified atom stereocenters. The molecular weight excluding hydrogens is 312 g/mol. The topological polar surface area (TPSA) is 21.3 Å². The van der Waals surface area contributed by atoms with Gasteiger partial charge in [-0.15, -0.1) is 0 Å². The fourth-order valence-electron chi connectivity index (χ4n) is 1.55. The van der Waals surface area contributed by atoms with Gasteiger partial charge in [-0.3, -0.25) is 0 Å². The molecule has 0 spiro atoms. The number of hydrogen-bond acceptors (Lipinski definition) is 2. The van der Waals surface area contributed by atoms with E-state index in [1.807, 2.05) is 12.1 Å². The molecule has 0 radical (unpaired) electrons. The van der Waals surface area contributed by atoms with E-state index in [1.165, 1.54) is 3.57 Å². The highest BCUT2D eigenvalue weighted by molar-refractivity contribution is 14.1. The van der Waals surface area contributed by atoms with Crippen LogP contribution < -0.4 is 5.32 Å². The summed E-state index contributed by atoms with van der Waals surface area (Å²) in [4.78, 5) is 0. The Kier molecular flexibility index (Phi) is 3.65. The Bertz CT molecular complexity index is 326. The molecule has 76 valence electrons. The Morgan fingerprint density at radius 3 is 3.07 bits per heavy atom. The summed E-state index contributed by atoms with van der Waals surface area (Å²) in [5, 5.41) is 4.20. The average Bonchev–Trinajstić information content (AvgIpc) is 2.23. The minimum Gasteiger partial charge on any atom is -0.378 e. The van der Waals surface area contributed by atoms with Crippen LogP contribution in [0.5, 0.6) is 0 Å². The van der Waals surface area contributed by atoms with Gasteiger partial charge in [0.05, 0.1) is 19.3 Å². The summed E-state index contributed by atoms with van der Waals surface area (Å²) in [6.45, 7) is 2.39. The summed E-state index contributed by atoms with van der Waals surface area (Å²) in [7, 11) is 0. The van der Waals surface area contributed by atoms with Crippen LogP contribution >= 0.6 is 34.2 Å². The van der Waals surface area contributed by atoms with E-state index in [2.05, 4.69) is 34.0 Å². The Balaban J connectivity index is 2.24. The van der Waals surface area contributed by atoms with E-state index in [0.29, 0.717) is 6.61 Å². The number of morpholine rings is 1. The van der Waals surface area contributed by atoms with Crippen molar-refractivity contribution in [1.29, 1.82) is 0 Å². The second-order valence-electron chi connectivity index (χ2n) is 3.25. The van der Waals surface area contributed by atoms with E-state index in [-0.39, 0.29) is 6.04 Å². The summed E-state index contributed by atoms with van der Waals surface area (Å²) >= 11 is 8.42.